The zero-order valence-electron chi connectivity index (χ0n) is 8.69. The molecular weight excluding hydrogens is 190 g/mol. The van der Waals surface area contributed by atoms with Gasteiger partial charge in [0.15, 0.2) is 0 Å². The third kappa shape index (κ3) is 1.96. The van der Waals surface area contributed by atoms with Gasteiger partial charge in [-0.25, -0.2) is 0 Å². The molecule has 1 aromatic rings. The first-order chi connectivity index (χ1) is 7.33. The van der Waals surface area contributed by atoms with E-state index in [1.165, 1.54) is 6.08 Å². The molecule has 1 amide bonds. The van der Waals surface area contributed by atoms with Gasteiger partial charge in [-0.15, -0.1) is 0 Å². The van der Waals surface area contributed by atoms with E-state index in [4.69, 9.17) is 4.42 Å². The maximum Gasteiger partial charge on any atom is 0.246 e. The van der Waals surface area contributed by atoms with Gasteiger partial charge < -0.3 is 9.32 Å². The largest absolute Gasteiger partial charge is 0.467 e. The first-order valence-corrected chi connectivity index (χ1v) is 5.29. The molecule has 2 heterocycles. The van der Waals surface area contributed by atoms with Gasteiger partial charge in [-0.3, -0.25) is 4.79 Å². The number of carbonyl (C=O) groups is 1. The molecule has 1 aromatic heterocycles. The number of amides is 1. The SMILES string of the molecule is C=CC(=O)N1CCCCC1c1ccco1. The smallest absolute Gasteiger partial charge is 0.246 e. The molecule has 0 aromatic carbocycles. The van der Waals surface area contributed by atoms with E-state index in [1.54, 1.807) is 6.26 Å². The van der Waals surface area contributed by atoms with Crippen LogP contribution in [-0.4, -0.2) is 17.4 Å². The molecular formula is C12H15NO2. The third-order valence-electron chi connectivity index (χ3n) is 2.83. The maximum absolute atomic E-state index is 11.6. The Bertz CT molecular complexity index is 343. The van der Waals surface area contributed by atoms with Gasteiger partial charge in [0.25, 0.3) is 0 Å². The minimum Gasteiger partial charge on any atom is -0.467 e. The van der Waals surface area contributed by atoms with Crippen molar-refractivity contribution < 1.29 is 9.21 Å². The highest BCUT2D eigenvalue weighted by atomic mass is 16.3. The van der Waals surface area contributed by atoms with Crippen LogP contribution in [0.15, 0.2) is 35.5 Å². The van der Waals surface area contributed by atoms with Crippen LogP contribution in [-0.2, 0) is 4.79 Å². The molecule has 2 rings (SSSR count). The molecule has 0 N–H and O–H groups in total. The van der Waals surface area contributed by atoms with E-state index < -0.39 is 0 Å². The molecule has 3 nitrogen and oxygen atoms in total. The van der Waals surface area contributed by atoms with E-state index in [0.29, 0.717) is 0 Å². The van der Waals surface area contributed by atoms with Crippen LogP contribution in [0.3, 0.4) is 0 Å². The minimum absolute atomic E-state index is 0.00361. The lowest BCUT2D eigenvalue weighted by molar-refractivity contribution is -0.130. The molecule has 1 fully saturated rings. The van der Waals surface area contributed by atoms with E-state index in [1.807, 2.05) is 17.0 Å². The molecule has 1 saturated heterocycles. The standard InChI is InChI=1S/C12H15NO2/c1-2-12(14)13-8-4-3-6-10(13)11-7-5-9-15-11/h2,5,7,9-10H,1,3-4,6,8H2. The summed E-state index contributed by atoms with van der Waals surface area (Å²) in [6, 6.07) is 3.89. The summed E-state index contributed by atoms with van der Waals surface area (Å²) >= 11 is 0. The average molecular weight is 205 g/mol. The quantitative estimate of drug-likeness (QED) is 0.695. The molecule has 1 unspecified atom stereocenters. The van der Waals surface area contributed by atoms with Crippen molar-refractivity contribution in [3.05, 3.63) is 36.8 Å². The van der Waals surface area contributed by atoms with Crippen LogP contribution in [0.25, 0.3) is 0 Å². The van der Waals surface area contributed by atoms with Gasteiger partial charge in [0, 0.05) is 6.54 Å². The molecule has 0 radical (unpaired) electrons. The lowest BCUT2D eigenvalue weighted by atomic mass is 10.00. The lowest BCUT2D eigenvalue weighted by Crippen LogP contribution is -2.37. The predicted octanol–water partition coefficient (Wildman–Crippen LogP) is 2.52. The molecule has 0 bridgehead atoms. The monoisotopic (exact) mass is 205 g/mol. The number of rotatable bonds is 2. The summed E-state index contributed by atoms with van der Waals surface area (Å²) in [6.45, 7) is 4.33. The van der Waals surface area contributed by atoms with Gasteiger partial charge >= 0.3 is 0 Å². The van der Waals surface area contributed by atoms with E-state index >= 15 is 0 Å². The second kappa shape index (κ2) is 4.34. The molecule has 15 heavy (non-hydrogen) atoms. The fourth-order valence-corrected chi connectivity index (χ4v) is 2.09. The number of likely N-dealkylation sites (tertiary alicyclic amines) is 1. The average Bonchev–Trinajstić information content (AvgIpc) is 2.81. The molecule has 3 heteroatoms. The van der Waals surface area contributed by atoms with Gasteiger partial charge in [0.2, 0.25) is 5.91 Å². The van der Waals surface area contributed by atoms with Crippen LogP contribution in [0.2, 0.25) is 0 Å². The predicted molar refractivity (Wildman–Crippen MR) is 57.2 cm³/mol. The summed E-state index contributed by atoms with van der Waals surface area (Å²) in [5, 5.41) is 0. The second-order valence-corrected chi connectivity index (χ2v) is 3.76. The number of hydrogen-bond donors (Lipinski definition) is 0. The molecule has 1 aliphatic rings. The number of carbonyl (C=O) groups excluding carboxylic acids is 1. The Hall–Kier alpha value is -1.51. The zero-order chi connectivity index (χ0) is 10.7. The normalized spacial score (nSPS) is 21.3. The highest BCUT2D eigenvalue weighted by molar-refractivity contribution is 5.87. The Labute approximate surface area is 89.4 Å². The van der Waals surface area contributed by atoms with Crippen molar-refractivity contribution >= 4 is 5.91 Å². The fourth-order valence-electron chi connectivity index (χ4n) is 2.09. The summed E-state index contributed by atoms with van der Waals surface area (Å²) in [4.78, 5) is 13.5. The Morgan fingerprint density at radius 1 is 1.60 bits per heavy atom. The Morgan fingerprint density at radius 3 is 3.13 bits per heavy atom. The van der Waals surface area contributed by atoms with E-state index in [-0.39, 0.29) is 11.9 Å². The minimum atomic E-state index is -0.00361. The summed E-state index contributed by atoms with van der Waals surface area (Å²) < 4.78 is 5.37. The van der Waals surface area contributed by atoms with Crippen LogP contribution < -0.4 is 0 Å². The first-order valence-electron chi connectivity index (χ1n) is 5.29. The summed E-state index contributed by atoms with van der Waals surface area (Å²) in [6.07, 6.45) is 6.22. The van der Waals surface area contributed by atoms with E-state index in [9.17, 15) is 4.79 Å². The first kappa shape index (κ1) is 10.0. The van der Waals surface area contributed by atoms with Crippen LogP contribution >= 0.6 is 0 Å². The maximum atomic E-state index is 11.6. The van der Waals surface area contributed by atoms with Gasteiger partial charge in [-0.1, -0.05) is 6.58 Å². The number of hydrogen-bond acceptors (Lipinski definition) is 2. The fraction of sp³-hybridized carbons (Fsp3) is 0.417. The van der Waals surface area contributed by atoms with Crippen LogP contribution in [0.4, 0.5) is 0 Å². The van der Waals surface area contributed by atoms with Crippen molar-refractivity contribution in [1.29, 1.82) is 0 Å². The van der Waals surface area contributed by atoms with Crippen LogP contribution in [0, 0.1) is 0 Å². The lowest BCUT2D eigenvalue weighted by Gasteiger charge is -2.33. The Balaban J connectivity index is 2.20. The number of nitrogens with zero attached hydrogens (tertiary/aromatic N) is 1. The molecule has 80 valence electrons. The van der Waals surface area contributed by atoms with Crippen molar-refractivity contribution in [2.75, 3.05) is 6.54 Å². The number of piperidine rings is 1. The molecule has 1 atom stereocenters. The molecule has 0 aliphatic carbocycles. The van der Waals surface area contributed by atoms with Gasteiger partial charge in [-0.05, 0) is 37.5 Å². The molecule has 0 saturated carbocycles. The van der Waals surface area contributed by atoms with Crippen LogP contribution in [0.5, 0.6) is 0 Å². The second-order valence-electron chi connectivity index (χ2n) is 3.76. The highest BCUT2D eigenvalue weighted by Crippen LogP contribution is 2.31. The van der Waals surface area contributed by atoms with Gasteiger partial charge in [0.1, 0.15) is 5.76 Å². The van der Waals surface area contributed by atoms with Crippen molar-refractivity contribution in [2.24, 2.45) is 0 Å². The van der Waals surface area contributed by atoms with Gasteiger partial charge in [-0.2, -0.15) is 0 Å². The van der Waals surface area contributed by atoms with Crippen molar-refractivity contribution in [2.45, 2.75) is 25.3 Å². The summed E-state index contributed by atoms with van der Waals surface area (Å²) in [7, 11) is 0. The Morgan fingerprint density at radius 2 is 2.47 bits per heavy atom. The third-order valence-corrected chi connectivity index (χ3v) is 2.83. The van der Waals surface area contributed by atoms with Crippen molar-refractivity contribution in [3.63, 3.8) is 0 Å². The molecule has 0 spiro atoms. The van der Waals surface area contributed by atoms with Gasteiger partial charge in [0.05, 0.1) is 12.3 Å². The van der Waals surface area contributed by atoms with E-state index in [2.05, 4.69) is 6.58 Å². The van der Waals surface area contributed by atoms with E-state index in [0.717, 1.165) is 31.6 Å². The molecule has 1 aliphatic heterocycles. The summed E-state index contributed by atoms with van der Waals surface area (Å²) in [5.41, 5.74) is 0. The number of furan rings is 1. The Kier molecular flexibility index (Phi) is 2.90. The zero-order valence-corrected chi connectivity index (χ0v) is 8.69. The topological polar surface area (TPSA) is 33.5 Å². The van der Waals surface area contributed by atoms with Crippen LogP contribution in [0.1, 0.15) is 31.1 Å². The van der Waals surface area contributed by atoms with Crippen molar-refractivity contribution in [3.8, 4) is 0 Å². The van der Waals surface area contributed by atoms with Crippen molar-refractivity contribution in [1.82, 2.24) is 4.90 Å². The summed E-state index contributed by atoms with van der Waals surface area (Å²) in [5.74, 6) is 0.876. The highest BCUT2D eigenvalue weighted by Gasteiger charge is 2.28.